The number of benzene rings is 1. The van der Waals surface area contributed by atoms with Crippen LogP contribution in [0.3, 0.4) is 0 Å². The molecule has 0 unspecified atom stereocenters. The Morgan fingerprint density at radius 1 is 0.786 bits per heavy atom. The second-order valence-corrected chi connectivity index (χ2v) is 9.20. The number of rotatable bonds is 13. The second kappa shape index (κ2) is 17.0. The fraction of sp³-hybridized carbons (Fsp3) is 0.739. The molecule has 0 aliphatic carbocycles. The highest BCUT2D eigenvalue weighted by Crippen LogP contribution is 2.13. The Kier molecular flexibility index (Phi) is 15.2. The van der Waals surface area contributed by atoms with Crippen molar-refractivity contribution in [3.8, 4) is 0 Å². The van der Waals surface area contributed by atoms with E-state index in [1.807, 2.05) is 0 Å². The predicted molar refractivity (Wildman–Crippen MR) is 118 cm³/mol. The summed E-state index contributed by atoms with van der Waals surface area (Å²) in [5.41, 5.74) is 0. The Hall–Kier alpha value is -0.910. The Morgan fingerprint density at radius 2 is 1.32 bits per heavy atom. The molecule has 0 bridgehead atoms. The molecule has 1 aromatic carbocycles. The largest absolute Gasteiger partial charge is 0.317 e. The minimum atomic E-state index is -3.57. The van der Waals surface area contributed by atoms with Crippen LogP contribution in [0, 0.1) is 0 Å². The second-order valence-electron chi connectivity index (χ2n) is 7.58. The molecule has 0 radical (unpaired) electrons. The summed E-state index contributed by atoms with van der Waals surface area (Å²) in [6, 6.07) is 8.33. The van der Waals surface area contributed by atoms with E-state index in [4.69, 9.17) is 4.18 Å². The minimum absolute atomic E-state index is 0.238. The van der Waals surface area contributed by atoms with E-state index >= 15 is 0 Å². The van der Waals surface area contributed by atoms with Gasteiger partial charge in [-0.25, -0.2) is 0 Å². The third-order valence-corrected chi connectivity index (χ3v) is 6.30. The summed E-state index contributed by atoms with van der Waals surface area (Å²) in [5.74, 6) is 0. The summed E-state index contributed by atoms with van der Waals surface area (Å²) in [4.78, 5) is 0.238. The molecule has 0 spiro atoms. The predicted octanol–water partition coefficient (Wildman–Crippen LogP) is 6.07. The molecular weight excluding hydrogens is 370 g/mol. The van der Waals surface area contributed by atoms with Crippen LogP contribution >= 0.6 is 0 Å². The molecule has 1 aromatic rings. The van der Waals surface area contributed by atoms with Gasteiger partial charge in [0.2, 0.25) is 0 Å². The van der Waals surface area contributed by atoms with Gasteiger partial charge in [0, 0.05) is 0 Å². The molecule has 5 heteroatoms. The summed E-state index contributed by atoms with van der Waals surface area (Å²) in [6.45, 7) is 5.02. The molecular formula is C23H41NO3S. The number of nitrogens with one attached hydrogen (secondary N) is 1. The van der Waals surface area contributed by atoms with Gasteiger partial charge in [-0.15, -0.1) is 0 Å². The summed E-state index contributed by atoms with van der Waals surface area (Å²) >= 11 is 0. The first-order valence-electron chi connectivity index (χ1n) is 11.3. The normalized spacial score (nSPS) is 14.3. The Labute approximate surface area is 173 Å². The molecule has 1 N–H and O–H groups in total. The van der Waals surface area contributed by atoms with E-state index in [0.29, 0.717) is 0 Å². The van der Waals surface area contributed by atoms with Crippen molar-refractivity contribution in [1.29, 1.82) is 0 Å². The van der Waals surface area contributed by atoms with Crippen LogP contribution in [0.15, 0.2) is 35.2 Å². The molecule has 0 saturated carbocycles. The van der Waals surface area contributed by atoms with Crippen molar-refractivity contribution < 1.29 is 12.6 Å². The molecule has 1 aliphatic heterocycles. The SMILES string of the molecule is C1CCNCC1.CCCCCCCCCCCCOS(=O)(=O)c1ccccc1. The molecule has 1 fully saturated rings. The van der Waals surface area contributed by atoms with Crippen molar-refractivity contribution in [1.82, 2.24) is 5.32 Å². The molecule has 1 heterocycles. The maximum absolute atomic E-state index is 11.9. The van der Waals surface area contributed by atoms with Gasteiger partial charge in [-0.2, -0.15) is 8.42 Å². The van der Waals surface area contributed by atoms with Crippen molar-refractivity contribution >= 4 is 10.1 Å². The van der Waals surface area contributed by atoms with E-state index in [9.17, 15) is 8.42 Å². The van der Waals surface area contributed by atoms with Crippen molar-refractivity contribution in [2.24, 2.45) is 0 Å². The number of unbranched alkanes of at least 4 members (excludes halogenated alkanes) is 9. The fourth-order valence-corrected chi connectivity index (χ4v) is 4.18. The summed E-state index contributed by atoms with van der Waals surface area (Å²) in [5, 5.41) is 3.28. The number of hydrogen-bond donors (Lipinski definition) is 1. The lowest BCUT2D eigenvalue weighted by molar-refractivity contribution is 0.306. The first kappa shape index (κ1) is 25.1. The fourth-order valence-electron chi connectivity index (χ4n) is 3.22. The quantitative estimate of drug-likeness (QED) is 0.316. The van der Waals surface area contributed by atoms with Crippen LogP contribution in [0.4, 0.5) is 0 Å². The van der Waals surface area contributed by atoms with E-state index in [2.05, 4.69) is 12.2 Å². The van der Waals surface area contributed by atoms with Gasteiger partial charge in [-0.05, 0) is 44.5 Å². The number of piperidine rings is 1. The topological polar surface area (TPSA) is 55.4 Å². The van der Waals surface area contributed by atoms with Gasteiger partial charge in [-0.1, -0.05) is 89.3 Å². The van der Waals surface area contributed by atoms with E-state index in [0.717, 1.165) is 12.8 Å². The van der Waals surface area contributed by atoms with Crippen LogP contribution in [0.25, 0.3) is 0 Å². The van der Waals surface area contributed by atoms with Crippen molar-refractivity contribution in [3.05, 3.63) is 30.3 Å². The Bertz CT molecular complexity index is 545. The maximum atomic E-state index is 11.9. The smallest absolute Gasteiger partial charge is 0.296 e. The summed E-state index contributed by atoms with van der Waals surface area (Å²) in [6.07, 6.45) is 16.5. The third kappa shape index (κ3) is 13.3. The van der Waals surface area contributed by atoms with Gasteiger partial charge >= 0.3 is 0 Å². The van der Waals surface area contributed by atoms with Crippen LogP contribution in [-0.4, -0.2) is 28.1 Å². The van der Waals surface area contributed by atoms with Gasteiger partial charge in [0.25, 0.3) is 10.1 Å². The highest BCUT2D eigenvalue weighted by Gasteiger charge is 2.13. The molecule has 162 valence electrons. The highest BCUT2D eigenvalue weighted by atomic mass is 32.2. The third-order valence-electron chi connectivity index (χ3n) is 4.98. The molecule has 28 heavy (non-hydrogen) atoms. The highest BCUT2D eigenvalue weighted by molar-refractivity contribution is 7.86. The number of hydrogen-bond acceptors (Lipinski definition) is 4. The van der Waals surface area contributed by atoms with Crippen molar-refractivity contribution in [3.63, 3.8) is 0 Å². The maximum Gasteiger partial charge on any atom is 0.296 e. The van der Waals surface area contributed by atoms with Gasteiger partial charge in [0.05, 0.1) is 11.5 Å². The molecule has 4 nitrogen and oxygen atoms in total. The molecule has 0 aromatic heterocycles. The van der Waals surface area contributed by atoms with E-state index in [1.165, 1.54) is 83.7 Å². The molecule has 1 aliphatic rings. The Morgan fingerprint density at radius 3 is 1.79 bits per heavy atom. The lowest BCUT2D eigenvalue weighted by atomic mass is 10.1. The average molecular weight is 412 g/mol. The zero-order chi connectivity index (χ0) is 20.3. The minimum Gasteiger partial charge on any atom is -0.317 e. The van der Waals surface area contributed by atoms with Gasteiger partial charge in [0.1, 0.15) is 0 Å². The van der Waals surface area contributed by atoms with Crippen LogP contribution in [-0.2, 0) is 14.3 Å². The molecule has 1 saturated heterocycles. The Balaban J connectivity index is 0.000000552. The first-order valence-corrected chi connectivity index (χ1v) is 12.7. The first-order chi connectivity index (χ1) is 13.7. The van der Waals surface area contributed by atoms with Gasteiger partial charge in [0.15, 0.2) is 0 Å². The van der Waals surface area contributed by atoms with Crippen LogP contribution < -0.4 is 5.32 Å². The monoisotopic (exact) mass is 411 g/mol. The zero-order valence-corrected chi connectivity index (χ0v) is 18.6. The standard InChI is InChI=1S/C18H30O3S.C5H11N/c1-2-3-4-5-6-7-8-9-10-14-17-21-22(19,20)18-15-12-11-13-16-18;1-2-4-6-5-3-1/h11-13,15-16H,2-10,14,17H2,1H3;6H,1-5H2. The lowest BCUT2D eigenvalue weighted by Crippen LogP contribution is -2.21. The summed E-state index contributed by atoms with van der Waals surface area (Å²) in [7, 11) is -3.57. The lowest BCUT2D eigenvalue weighted by Gasteiger charge is -2.08. The van der Waals surface area contributed by atoms with E-state index in [-0.39, 0.29) is 11.5 Å². The molecule has 0 amide bonds. The molecule has 2 rings (SSSR count). The summed E-state index contributed by atoms with van der Waals surface area (Å²) < 4.78 is 28.8. The van der Waals surface area contributed by atoms with Crippen molar-refractivity contribution in [2.45, 2.75) is 95.3 Å². The van der Waals surface area contributed by atoms with E-state index in [1.54, 1.807) is 30.3 Å². The van der Waals surface area contributed by atoms with Gasteiger partial charge < -0.3 is 5.32 Å². The van der Waals surface area contributed by atoms with E-state index < -0.39 is 10.1 Å². The van der Waals surface area contributed by atoms with Crippen LogP contribution in [0.1, 0.15) is 90.4 Å². The zero-order valence-electron chi connectivity index (χ0n) is 17.8. The average Bonchev–Trinajstić information content (AvgIpc) is 2.74. The van der Waals surface area contributed by atoms with Gasteiger partial charge in [-0.3, -0.25) is 4.18 Å². The van der Waals surface area contributed by atoms with Crippen molar-refractivity contribution in [2.75, 3.05) is 19.7 Å². The van der Waals surface area contributed by atoms with Crippen LogP contribution in [0.5, 0.6) is 0 Å². The van der Waals surface area contributed by atoms with Crippen LogP contribution in [0.2, 0.25) is 0 Å². The molecule has 0 atom stereocenters.